The Balaban J connectivity index is 2.38. The zero-order chi connectivity index (χ0) is 13.5. The van der Waals surface area contributed by atoms with Gasteiger partial charge in [-0.05, 0) is 11.4 Å². The van der Waals surface area contributed by atoms with Crippen LogP contribution in [-0.4, -0.2) is 59.3 Å². The highest BCUT2D eigenvalue weighted by molar-refractivity contribution is 7.89. The van der Waals surface area contributed by atoms with Crippen molar-refractivity contribution in [2.24, 2.45) is 0 Å². The van der Waals surface area contributed by atoms with Crippen LogP contribution in [0.4, 0.5) is 0 Å². The van der Waals surface area contributed by atoms with Crippen molar-refractivity contribution in [1.29, 1.82) is 0 Å². The molecule has 0 spiro atoms. The summed E-state index contributed by atoms with van der Waals surface area (Å²) in [5, 5.41) is 28.9. The number of hydrogen-bond donors (Lipinski definition) is 3. The van der Waals surface area contributed by atoms with Crippen LogP contribution >= 0.6 is 11.3 Å². The fraction of sp³-hybridized carbons (Fsp3) is 0.444. The molecule has 0 amide bonds. The SMILES string of the molecule is O=C(O)c1sccc1S(=O)(=O)N1CC(O)C(O)C1. The molecule has 0 radical (unpaired) electrons. The first kappa shape index (κ1) is 13.4. The second-order valence-electron chi connectivity index (χ2n) is 3.88. The molecule has 0 aliphatic carbocycles. The average Bonchev–Trinajstić information content (AvgIpc) is 2.87. The van der Waals surface area contributed by atoms with E-state index in [2.05, 4.69) is 0 Å². The number of rotatable bonds is 3. The molecule has 9 heteroatoms. The van der Waals surface area contributed by atoms with Crippen LogP contribution in [-0.2, 0) is 10.0 Å². The topological polar surface area (TPSA) is 115 Å². The van der Waals surface area contributed by atoms with Crippen LogP contribution in [0.3, 0.4) is 0 Å². The quantitative estimate of drug-likeness (QED) is 0.670. The van der Waals surface area contributed by atoms with Crippen LogP contribution in [0.5, 0.6) is 0 Å². The van der Waals surface area contributed by atoms with Gasteiger partial charge in [0, 0.05) is 13.1 Å². The molecule has 1 fully saturated rings. The lowest BCUT2D eigenvalue weighted by atomic mass is 10.3. The fourth-order valence-electron chi connectivity index (χ4n) is 1.73. The Morgan fingerprint density at radius 2 is 1.89 bits per heavy atom. The molecule has 7 nitrogen and oxygen atoms in total. The van der Waals surface area contributed by atoms with Gasteiger partial charge in [-0.1, -0.05) is 0 Å². The first-order valence-electron chi connectivity index (χ1n) is 5.01. The van der Waals surface area contributed by atoms with E-state index in [0.29, 0.717) is 0 Å². The van der Waals surface area contributed by atoms with E-state index >= 15 is 0 Å². The Bertz CT molecular complexity index is 555. The molecule has 2 atom stereocenters. The molecule has 1 aliphatic rings. The Labute approximate surface area is 107 Å². The first-order valence-corrected chi connectivity index (χ1v) is 7.33. The van der Waals surface area contributed by atoms with E-state index in [0.717, 1.165) is 15.6 Å². The highest BCUT2D eigenvalue weighted by Gasteiger charge is 2.39. The molecule has 0 bridgehead atoms. The minimum absolute atomic E-state index is 0.238. The summed E-state index contributed by atoms with van der Waals surface area (Å²) in [5.41, 5.74) is 0. The zero-order valence-electron chi connectivity index (χ0n) is 9.05. The zero-order valence-corrected chi connectivity index (χ0v) is 10.7. The van der Waals surface area contributed by atoms with E-state index in [1.165, 1.54) is 11.4 Å². The van der Waals surface area contributed by atoms with Gasteiger partial charge in [0.05, 0.1) is 12.2 Å². The number of sulfonamides is 1. The summed E-state index contributed by atoms with van der Waals surface area (Å²) in [7, 11) is -3.99. The number of nitrogens with zero attached hydrogens (tertiary/aromatic N) is 1. The van der Waals surface area contributed by atoms with Gasteiger partial charge in [-0.3, -0.25) is 0 Å². The smallest absolute Gasteiger partial charge is 0.347 e. The maximum Gasteiger partial charge on any atom is 0.347 e. The van der Waals surface area contributed by atoms with Gasteiger partial charge in [0.2, 0.25) is 10.0 Å². The van der Waals surface area contributed by atoms with Crippen molar-refractivity contribution >= 4 is 27.3 Å². The Kier molecular flexibility index (Phi) is 3.43. The van der Waals surface area contributed by atoms with Crippen molar-refractivity contribution in [1.82, 2.24) is 4.31 Å². The molecule has 0 saturated carbocycles. The minimum atomic E-state index is -3.99. The predicted molar refractivity (Wildman–Crippen MR) is 62.1 cm³/mol. The van der Waals surface area contributed by atoms with E-state index in [1.807, 2.05) is 0 Å². The second-order valence-corrected chi connectivity index (χ2v) is 6.70. The number of carbonyl (C=O) groups is 1. The number of aliphatic hydroxyl groups excluding tert-OH is 2. The van der Waals surface area contributed by atoms with Gasteiger partial charge < -0.3 is 15.3 Å². The summed E-state index contributed by atoms with van der Waals surface area (Å²) < 4.78 is 25.2. The van der Waals surface area contributed by atoms with Crippen molar-refractivity contribution in [2.45, 2.75) is 17.1 Å². The van der Waals surface area contributed by atoms with Crippen molar-refractivity contribution in [2.75, 3.05) is 13.1 Å². The average molecular weight is 293 g/mol. The van der Waals surface area contributed by atoms with Crippen LogP contribution < -0.4 is 0 Å². The fourth-order valence-corrected chi connectivity index (χ4v) is 4.44. The van der Waals surface area contributed by atoms with Gasteiger partial charge in [-0.15, -0.1) is 11.3 Å². The normalized spacial score (nSPS) is 25.4. The third-order valence-corrected chi connectivity index (χ3v) is 5.57. The summed E-state index contributed by atoms with van der Waals surface area (Å²) >= 11 is 0.815. The van der Waals surface area contributed by atoms with Crippen LogP contribution in [0.25, 0.3) is 0 Å². The molecule has 2 heterocycles. The molecule has 1 aliphatic heterocycles. The summed E-state index contributed by atoms with van der Waals surface area (Å²) in [5.74, 6) is -1.32. The van der Waals surface area contributed by atoms with Gasteiger partial charge in [0.15, 0.2) is 0 Å². The summed E-state index contributed by atoms with van der Waals surface area (Å²) in [6, 6.07) is 1.21. The van der Waals surface area contributed by atoms with Crippen molar-refractivity contribution in [3.8, 4) is 0 Å². The lowest BCUT2D eigenvalue weighted by Gasteiger charge is -2.14. The van der Waals surface area contributed by atoms with Gasteiger partial charge in [0.25, 0.3) is 0 Å². The second kappa shape index (κ2) is 4.59. The number of aromatic carboxylic acids is 1. The molecule has 0 aromatic carbocycles. The van der Waals surface area contributed by atoms with Crippen molar-refractivity contribution < 1.29 is 28.5 Å². The molecule has 18 heavy (non-hydrogen) atoms. The van der Waals surface area contributed by atoms with E-state index in [1.54, 1.807) is 0 Å². The van der Waals surface area contributed by atoms with Gasteiger partial charge in [-0.2, -0.15) is 4.31 Å². The highest BCUT2D eigenvalue weighted by atomic mass is 32.2. The summed E-state index contributed by atoms with van der Waals surface area (Å²) in [4.78, 5) is 10.3. The molecular formula is C9H11NO6S2. The molecule has 2 rings (SSSR count). The van der Waals surface area contributed by atoms with Gasteiger partial charge in [-0.25, -0.2) is 13.2 Å². The van der Waals surface area contributed by atoms with Crippen molar-refractivity contribution in [3.63, 3.8) is 0 Å². The standard InChI is InChI=1S/C9H11NO6S2/c11-5-3-10(4-6(5)12)18(15,16)7-1-2-17-8(7)9(13)14/h1-2,5-6,11-12H,3-4H2,(H,13,14). The van der Waals surface area contributed by atoms with Crippen LogP contribution in [0.15, 0.2) is 16.3 Å². The molecule has 1 aromatic rings. The van der Waals surface area contributed by atoms with E-state index in [9.17, 15) is 23.4 Å². The molecule has 100 valence electrons. The first-order chi connectivity index (χ1) is 8.34. The van der Waals surface area contributed by atoms with Gasteiger partial charge in [0.1, 0.15) is 9.77 Å². The molecule has 3 N–H and O–H groups in total. The molecule has 1 saturated heterocycles. The van der Waals surface area contributed by atoms with Crippen LogP contribution in [0.1, 0.15) is 9.67 Å². The van der Waals surface area contributed by atoms with Crippen LogP contribution in [0.2, 0.25) is 0 Å². The Hall–Kier alpha value is -1.00. The largest absolute Gasteiger partial charge is 0.477 e. The Morgan fingerprint density at radius 1 is 1.33 bits per heavy atom. The Morgan fingerprint density at radius 3 is 2.39 bits per heavy atom. The maximum atomic E-state index is 12.2. The summed E-state index contributed by atoms with van der Waals surface area (Å²) in [6.45, 7) is -0.475. The number of carboxylic acid groups (broad SMARTS) is 1. The number of β-amino-alcohol motifs (C(OH)–C–C–N with tert-alkyl or cyclic N) is 2. The third kappa shape index (κ3) is 2.15. The maximum absolute atomic E-state index is 12.2. The minimum Gasteiger partial charge on any atom is -0.477 e. The number of carboxylic acids is 1. The van der Waals surface area contributed by atoms with Gasteiger partial charge >= 0.3 is 5.97 Å². The van der Waals surface area contributed by atoms with E-state index in [4.69, 9.17) is 5.11 Å². The van der Waals surface area contributed by atoms with Crippen molar-refractivity contribution in [3.05, 3.63) is 16.3 Å². The monoisotopic (exact) mass is 293 g/mol. The number of aliphatic hydroxyl groups is 2. The molecule has 2 unspecified atom stereocenters. The third-order valence-electron chi connectivity index (χ3n) is 2.67. The number of thiophene rings is 1. The predicted octanol–water partition coefficient (Wildman–Crippen LogP) is -0.828. The summed E-state index contributed by atoms with van der Waals surface area (Å²) in [6.07, 6.45) is -2.29. The van der Waals surface area contributed by atoms with E-state index < -0.39 is 28.2 Å². The van der Waals surface area contributed by atoms with Crippen LogP contribution in [0, 0.1) is 0 Å². The lowest BCUT2D eigenvalue weighted by molar-refractivity contribution is 0.0572. The van der Waals surface area contributed by atoms with E-state index in [-0.39, 0.29) is 22.9 Å². The number of hydrogen-bond acceptors (Lipinski definition) is 6. The molecular weight excluding hydrogens is 282 g/mol. The highest BCUT2D eigenvalue weighted by Crippen LogP contribution is 2.27. The molecule has 1 aromatic heterocycles. The lowest BCUT2D eigenvalue weighted by Crippen LogP contribution is -2.30.